The first-order valence-electron chi connectivity index (χ1n) is 8.22. The van der Waals surface area contributed by atoms with E-state index in [0.717, 1.165) is 39.8 Å². The minimum Gasteiger partial charge on any atom is -0.479 e. The highest BCUT2D eigenvalue weighted by atomic mass is 32.2. The number of hydrogen-bond donors (Lipinski definition) is 1. The predicted octanol–water partition coefficient (Wildman–Crippen LogP) is 2.92. The topological polar surface area (TPSA) is 74.0 Å². The van der Waals surface area contributed by atoms with E-state index in [0.29, 0.717) is 11.4 Å². The van der Waals surface area contributed by atoms with Crippen LogP contribution in [-0.4, -0.2) is 32.6 Å². The fraction of sp³-hybridized carbons (Fsp3) is 0.278. The maximum Gasteiger partial charge on any atom is 0.263 e. The first-order chi connectivity index (χ1) is 12.6. The molecule has 8 heteroatoms. The largest absolute Gasteiger partial charge is 0.479 e. The minimum atomic E-state index is -0.260. The normalized spacial score (nSPS) is 12.9. The predicted molar refractivity (Wildman–Crippen MR) is 101 cm³/mol. The van der Waals surface area contributed by atoms with E-state index in [4.69, 9.17) is 9.84 Å². The molecule has 1 aliphatic heterocycles. The summed E-state index contributed by atoms with van der Waals surface area (Å²) in [4.78, 5) is 12.9. The number of anilines is 1. The van der Waals surface area contributed by atoms with Crippen molar-refractivity contribution in [2.45, 2.75) is 18.4 Å². The number of thioether (sulfide) groups is 1. The molecule has 0 bridgehead atoms. The van der Waals surface area contributed by atoms with Crippen LogP contribution in [0.1, 0.15) is 27.2 Å². The van der Waals surface area contributed by atoms with Gasteiger partial charge in [0, 0.05) is 30.3 Å². The summed E-state index contributed by atoms with van der Waals surface area (Å²) in [7, 11) is 3.26. The maximum absolute atomic E-state index is 12.9. The van der Waals surface area contributed by atoms with Gasteiger partial charge in [0.25, 0.3) is 5.91 Å². The Morgan fingerprint density at radius 3 is 2.85 bits per heavy atom. The fourth-order valence-corrected chi connectivity index (χ4v) is 4.10. The van der Waals surface area contributed by atoms with Gasteiger partial charge in [-0.15, -0.1) is 5.10 Å². The Bertz CT molecular complexity index is 992. The van der Waals surface area contributed by atoms with Crippen LogP contribution in [0.25, 0.3) is 5.69 Å². The summed E-state index contributed by atoms with van der Waals surface area (Å²) >= 11 is 1.80. The SMILES string of the molecule is COc1nn(C)cc1C(=O)Nc1c2c(nn1-c1ccccc1C)CSC2. The van der Waals surface area contributed by atoms with Crippen LogP contribution in [0.2, 0.25) is 0 Å². The number of aryl methyl sites for hydroxylation is 2. The molecule has 134 valence electrons. The molecule has 0 radical (unpaired) electrons. The lowest BCUT2D eigenvalue weighted by Crippen LogP contribution is -2.17. The summed E-state index contributed by atoms with van der Waals surface area (Å²) in [5.41, 5.74) is 4.55. The Labute approximate surface area is 155 Å². The highest BCUT2D eigenvalue weighted by Crippen LogP contribution is 2.36. The Morgan fingerprint density at radius 2 is 2.08 bits per heavy atom. The van der Waals surface area contributed by atoms with Crippen molar-refractivity contribution in [2.75, 3.05) is 12.4 Å². The van der Waals surface area contributed by atoms with Gasteiger partial charge in [-0.2, -0.15) is 16.9 Å². The third-order valence-electron chi connectivity index (χ3n) is 4.36. The zero-order valence-corrected chi connectivity index (χ0v) is 15.6. The molecule has 0 unspecified atom stereocenters. The number of para-hydroxylation sites is 1. The molecule has 1 N–H and O–H groups in total. The molecule has 0 aliphatic carbocycles. The van der Waals surface area contributed by atoms with Crippen molar-refractivity contribution < 1.29 is 9.53 Å². The minimum absolute atomic E-state index is 0.260. The number of nitrogens with one attached hydrogen (secondary N) is 1. The van der Waals surface area contributed by atoms with Gasteiger partial charge in [0.05, 0.1) is 18.5 Å². The number of benzene rings is 1. The molecule has 0 atom stereocenters. The Balaban J connectivity index is 1.77. The highest BCUT2D eigenvalue weighted by Gasteiger charge is 2.26. The average molecular weight is 369 g/mol. The number of nitrogens with zero attached hydrogens (tertiary/aromatic N) is 4. The molecule has 2 aromatic heterocycles. The zero-order chi connectivity index (χ0) is 18.3. The van der Waals surface area contributed by atoms with Gasteiger partial charge in [-0.05, 0) is 18.6 Å². The van der Waals surface area contributed by atoms with Gasteiger partial charge in [-0.3, -0.25) is 9.48 Å². The molecular weight excluding hydrogens is 350 g/mol. The number of fused-ring (bicyclic) bond motifs is 1. The third kappa shape index (κ3) is 2.76. The van der Waals surface area contributed by atoms with Crippen molar-refractivity contribution in [3.05, 3.63) is 52.8 Å². The molecular formula is C18H19N5O2S. The summed E-state index contributed by atoms with van der Waals surface area (Å²) in [6, 6.07) is 8.00. The Hall–Kier alpha value is -2.74. The molecule has 0 saturated carbocycles. The van der Waals surface area contributed by atoms with Crippen LogP contribution in [0.3, 0.4) is 0 Å². The first kappa shape index (κ1) is 16.7. The number of amides is 1. The van der Waals surface area contributed by atoms with Crippen molar-refractivity contribution in [2.24, 2.45) is 7.05 Å². The summed E-state index contributed by atoms with van der Waals surface area (Å²) in [5.74, 6) is 2.45. The molecule has 1 amide bonds. The monoisotopic (exact) mass is 369 g/mol. The lowest BCUT2D eigenvalue weighted by molar-refractivity contribution is 0.102. The molecule has 26 heavy (non-hydrogen) atoms. The summed E-state index contributed by atoms with van der Waals surface area (Å²) < 4.78 is 8.61. The Morgan fingerprint density at radius 1 is 1.27 bits per heavy atom. The van der Waals surface area contributed by atoms with Gasteiger partial charge in [0.2, 0.25) is 5.88 Å². The summed E-state index contributed by atoms with van der Waals surface area (Å²) in [6.07, 6.45) is 1.65. The van der Waals surface area contributed by atoms with E-state index in [1.54, 1.807) is 29.7 Å². The second kappa shape index (κ2) is 6.53. The molecule has 3 heterocycles. The number of hydrogen-bond acceptors (Lipinski definition) is 5. The van der Waals surface area contributed by atoms with Gasteiger partial charge >= 0.3 is 0 Å². The lowest BCUT2D eigenvalue weighted by Gasteiger charge is -2.12. The number of rotatable bonds is 4. The van der Waals surface area contributed by atoms with Gasteiger partial charge < -0.3 is 10.1 Å². The standard InChI is InChI=1S/C18H19N5O2S/c1-11-6-4-5-7-15(11)23-16(13-9-26-10-14(13)20-23)19-17(24)12-8-22(2)21-18(12)25-3/h4-8H,9-10H2,1-3H3,(H,19,24). The van der Waals surface area contributed by atoms with Crippen LogP contribution in [-0.2, 0) is 18.6 Å². The molecule has 0 saturated heterocycles. The van der Waals surface area contributed by atoms with E-state index in [-0.39, 0.29) is 5.91 Å². The molecule has 4 rings (SSSR count). The second-order valence-corrected chi connectivity index (χ2v) is 7.13. The van der Waals surface area contributed by atoms with E-state index in [1.807, 2.05) is 35.9 Å². The molecule has 1 aromatic carbocycles. The van der Waals surface area contributed by atoms with Crippen LogP contribution in [0.15, 0.2) is 30.5 Å². The zero-order valence-electron chi connectivity index (χ0n) is 14.8. The second-order valence-electron chi connectivity index (χ2n) is 6.14. The smallest absolute Gasteiger partial charge is 0.263 e. The van der Waals surface area contributed by atoms with Gasteiger partial charge in [0.15, 0.2) is 0 Å². The maximum atomic E-state index is 12.9. The van der Waals surface area contributed by atoms with Gasteiger partial charge in [-0.1, -0.05) is 18.2 Å². The lowest BCUT2D eigenvalue weighted by atomic mass is 10.2. The number of ether oxygens (including phenoxy) is 1. The molecule has 3 aromatic rings. The van der Waals surface area contributed by atoms with E-state index >= 15 is 0 Å². The van der Waals surface area contributed by atoms with E-state index in [9.17, 15) is 4.79 Å². The van der Waals surface area contributed by atoms with E-state index < -0.39 is 0 Å². The van der Waals surface area contributed by atoms with E-state index in [2.05, 4.69) is 10.4 Å². The van der Waals surface area contributed by atoms with Crippen LogP contribution in [0, 0.1) is 6.92 Å². The van der Waals surface area contributed by atoms with Crippen LogP contribution < -0.4 is 10.1 Å². The van der Waals surface area contributed by atoms with Crippen molar-refractivity contribution in [3.63, 3.8) is 0 Å². The number of aromatic nitrogens is 4. The van der Waals surface area contributed by atoms with Crippen molar-refractivity contribution in [1.82, 2.24) is 19.6 Å². The highest BCUT2D eigenvalue weighted by molar-refractivity contribution is 7.98. The van der Waals surface area contributed by atoms with Crippen molar-refractivity contribution >= 4 is 23.5 Å². The van der Waals surface area contributed by atoms with Crippen molar-refractivity contribution in [3.8, 4) is 11.6 Å². The quantitative estimate of drug-likeness (QED) is 0.765. The Kier molecular flexibility index (Phi) is 4.20. The number of carbonyl (C=O) groups is 1. The summed E-state index contributed by atoms with van der Waals surface area (Å²) in [6.45, 7) is 2.03. The van der Waals surface area contributed by atoms with Gasteiger partial charge in [0.1, 0.15) is 11.4 Å². The summed E-state index contributed by atoms with van der Waals surface area (Å²) in [5, 5.41) is 11.9. The fourth-order valence-electron chi connectivity index (χ4n) is 3.07. The molecule has 7 nitrogen and oxygen atoms in total. The van der Waals surface area contributed by atoms with Crippen LogP contribution in [0.4, 0.5) is 5.82 Å². The molecule has 1 aliphatic rings. The van der Waals surface area contributed by atoms with Gasteiger partial charge in [-0.25, -0.2) is 4.68 Å². The van der Waals surface area contributed by atoms with Crippen molar-refractivity contribution in [1.29, 1.82) is 0 Å². The first-order valence-corrected chi connectivity index (χ1v) is 9.37. The molecule has 0 spiro atoms. The van der Waals surface area contributed by atoms with E-state index in [1.165, 1.54) is 7.11 Å². The average Bonchev–Trinajstić information content (AvgIpc) is 3.31. The van der Waals surface area contributed by atoms with Crippen LogP contribution in [0.5, 0.6) is 5.88 Å². The van der Waals surface area contributed by atoms with Crippen LogP contribution >= 0.6 is 11.8 Å². The third-order valence-corrected chi connectivity index (χ3v) is 5.33. The number of carbonyl (C=O) groups excluding carboxylic acids is 1. The number of methoxy groups -OCH3 is 1. The molecule has 0 fully saturated rings.